The zero-order valence-corrected chi connectivity index (χ0v) is 17.8. The standard InChI is InChI=1S/C20H29ClF3N3O/c1-18(2,3)12-19(4,5)26-17(28)13-6-8-27(9-7-13)16-15(21)10-14(11-25-16)20(22,23)24/h10-11,13H,6-9,12H2,1-5H3,(H,26,28). The van der Waals surface area contributed by atoms with Crippen molar-refractivity contribution in [3.63, 3.8) is 0 Å². The number of nitrogens with one attached hydrogen (secondary N) is 1. The Labute approximate surface area is 169 Å². The molecule has 0 aliphatic carbocycles. The molecule has 1 aliphatic rings. The number of hydrogen-bond donors (Lipinski definition) is 1. The number of nitrogens with zero attached hydrogens (tertiary/aromatic N) is 2. The molecule has 1 aliphatic heterocycles. The van der Waals surface area contributed by atoms with Gasteiger partial charge in [0.15, 0.2) is 0 Å². The molecular formula is C20H29ClF3N3O. The van der Waals surface area contributed by atoms with E-state index in [1.165, 1.54) is 0 Å². The highest BCUT2D eigenvalue weighted by Crippen LogP contribution is 2.35. The van der Waals surface area contributed by atoms with Crippen LogP contribution in [0.25, 0.3) is 0 Å². The second-order valence-corrected chi connectivity index (χ2v) is 9.81. The molecule has 0 saturated carbocycles. The monoisotopic (exact) mass is 419 g/mol. The second-order valence-electron chi connectivity index (χ2n) is 9.40. The van der Waals surface area contributed by atoms with E-state index in [-0.39, 0.29) is 27.8 Å². The maximum atomic E-state index is 12.8. The average molecular weight is 420 g/mol. The summed E-state index contributed by atoms with van der Waals surface area (Å²) < 4.78 is 38.3. The van der Waals surface area contributed by atoms with Crippen LogP contribution in [0.1, 0.15) is 59.4 Å². The summed E-state index contributed by atoms with van der Waals surface area (Å²) in [6.07, 6.45) is -1.60. The van der Waals surface area contributed by atoms with Crippen LogP contribution in [0.4, 0.5) is 19.0 Å². The summed E-state index contributed by atoms with van der Waals surface area (Å²) in [4.78, 5) is 18.4. The number of carbonyl (C=O) groups is 1. The van der Waals surface area contributed by atoms with E-state index in [4.69, 9.17) is 11.6 Å². The van der Waals surface area contributed by atoms with Crippen molar-refractivity contribution >= 4 is 23.3 Å². The Hall–Kier alpha value is -1.50. The van der Waals surface area contributed by atoms with Crippen LogP contribution in [0.15, 0.2) is 12.3 Å². The van der Waals surface area contributed by atoms with Gasteiger partial charge in [0.1, 0.15) is 5.82 Å². The molecule has 4 nitrogen and oxygen atoms in total. The summed E-state index contributed by atoms with van der Waals surface area (Å²) in [5.41, 5.74) is -1.06. The summed E-state index contributed by atoms with van der Waals surface area (Å²) in [5, 5.41) is 3.12. The largest absolute Gasteiger partial charge is 0.417 e. The molecule has 1 aromatic rings. The SMILES string of the molecule is CC(C)(C)CC(C)(C)NC(=O)C1CCN(c2ncc(C(F)(F)F)cc2Cl)CC1. The molecule has 0 radical (unpaired) electrons. The minimum absolute atomic E-state index is 0.0240. The van der Waals surface area contributed by atoms with E-state index in [2.05, 4.69) is 31.1 Å². The Balaban J connectivity index is 1.96. The number of amides is 1. The van der Waals surface area contributed by atoms with E-state index in [0.29, 0.717) is 31.7 Å². The van der Waals surface area contributed by atoms with Crippen LogP contribution in [-0.2, 0) is 11.0 Å². The molecule has 2 heterocycles. The Morgan fingerprint density at radius 3 is 2.25 bits per heavy atom. The lowest BCUT2D eigenvalue weighted by atomic mass is 9.81. The molecular weight excluding hydrogens is 391 g/mol. The number of hydrogen-bond acceptors (Lipinski definition) is 3. The number of rotatable bonds is 4. The number of piperidine rings is 1. The number of carbonyl (C=O) groups excluding carboxylic acids is 1. The Kier molecular flexibility index (Phi) is 6.58. The van der Waals surface area contributed by atoms with E-state index in [1.807, 2.05) is 18.7 Å². The van der Waals surface area contributed by atoms with Crippen molar-refractivity contribution in [3.05, 3.63) is 22.8 Å². The average Bonchev–Trinajstić information content (AvgIpc) is 2.51. The predicted octanol–water partition coefficient (Wildman–Crippen LogP) is 5.30. The minimum Gasteiger partial charge on any atom is -0.355 e. The first-order valence-electron chi connectivity index (χ1n) is 9.48. The fourth-order valence-corrected chi connectivity index (χ4v) is 4.26. The van der Waals surface area contributed by atoms with Crippen LogP contribution < -0.4 is 10.2 Å². The van der Waals surface area contributed by atoms with Crippen LogP contribution in [0.5, 0.6) is 0 Å². The molecule has 0 atom stereocenters. The predicted molar refractivity (Wildman–Crippen MR) is 105 cm³/mol. The minimum atomic E-state index is -4.47. The Morgan fingerprint density at radius 1 is 1.21 bits per heavy atom. The number of pyridine rings is 1. The molecule has 1 saturated heterocycles. The van der Waals surface area contributed by atoms with Crippen molar-refractivity contribution in [2.45, 2.75) is 65.6 Å². The van der Waals surface area contributed by atoms with E-state index < -0.39 is 11.7 Å². The zero-order valence-electron chi connectivity index (χ0n) is 17.1. The third-order valence-electron chi connectivity index (χ3n) is 4.75. The lowest BCUT2D eigenvalue weighted by Crippen LogP contribution is -2.50. The third-order valence-corrected chi connectivity index (χ3v) is 5.03. The second kappa shape index (κ2) is 8.09. The highest BCUT2D eigenvalue weighted by molar-refractivity contribution is 6.33. The number of halogens is 4. The van der Waals surface area contributed by atoms with Gasteiger partial charge in [-0.15, -0.1) is 0 Å². The molecule has 28 heavy (non-hydrogen) atoms. The highest BCUT2D eigenvalue weighted by atomic mass is 35.5. The number of aromatic nitrogens is 1. The highest BCUT2D eigenvalue weighted by Gasteiger charge is 2.34. The van der Waals surface area contributed by atoms with Crippen LogP contribution in [0.2, 0.25) is 5.02 Å². The molecule has 158 valence electrons. The first kappa shape index (κ1) is 22.8. The molecule has 1 fully saturated rings. The van der Waals surface area contributed by atoms with Crippen molar-refractivity contribution in [3.8, 4) is 0 Å². The smallest absolute Gasteiger partial charge is 0.355 e. The molecule has 1 amide bonds. The molecule has 0 unspecified atom stereocenters. The van der Waals surface area contributed by atoms with Gasteiger partial charge in [0.2, 0.25) is 5.91 Å². The van der Waals surface area contributed by atoms with Crippen molar-refractivity contribution in [1.29, 1.82) is 0 Å². The van der Waals surface area contributed by atoms with Crippen LogP contribution >= 0.6 is 11.6 Å². The fraction of sp³-hybridized carbons (Fsp3) is 0.700. The van der Waals surface area contributed by atoms with Gasteiger partial charge in [-0.2, -0.15) is 13.2 Å². The first-order chi connectivity index (χ1) is 12.7. The molecule has 0 bridgehead atoms. The zero-order chi connectivity index (χ0) is 21.3. The van der Waals surface area contributed by atoms with E-state index in [1.54, 1.807) is 0 Å². The van der Waals surface area contributed by atoms with Crippen molar-refractivity contribution in [1.82, 2.24) is 10.3 Å². The molecule has 0 spiro atoms. The van der Waals surface area contributed by atoms with Gasteiger partial charge in [0.25, 0.3) is 0 Å². The summed E-state index contributed by atoms with van der Waals surface area (Å²) in [6.45, 7) is 11.5. The normalized spacial score (nSPS) is 17.0. The maximum Gasteiger partial charge on any atom is 0.417 e. The molecule has 2 rings (SSSR count). The van der Waals surface area contributed by atoms with Crippen molar-refractivity contribution < 1.29 is 18.0 Å². The summed E-state index contributed by atoms with van der Waals surface area (Å²) in [6, 6.07) is 0.901. The van der Waals surface area contributed by atoms with E-state index >= 15 is 0 Å². The van der Waals surface area contributed by atoms with Gasteiger partial charge in [-0.3, -0.25) is 4.79 Å². The molecule has 1 aromatic heterocycles. The van der Waals surface area contributed by atoms with Gasteiger partial charge in [0.05, 0.1) is 10.6 Å². The molecule has 8 heteroatoms. The van der Waals surface area contributed by atoms with Crippen LogP contribution in [0.3, 0.4) is 0 Å². The van der Waals surface area contributed by atoms with Gasteiger partial charge in [0, 0.05) is 30.7 Å². The van der Waals surface area contributed by atoms with Crippen molar-refractivity contribution in [2.24, 2.45) is 11.3 Å². The quantitative estimate of drug-likeness (QED) is 0.720. The summed E-state index contributed by atoms with van der Waals surface area (Å²) in [5.74, 6) is 0.241. The number of alkyl halides is 3. The Bertz CT molecular complexity index is 706. The van der Waals surface area contributed by atoms with E-state index in [0.717, 1.165) is 18.7 Å². The van der Waals surface area contributed by atoms with Gasteiger partial charge in [-0.25, -0.2) is 4.98 Å². The number of anilines is 1. The maximum absolute atomic E-state index is 12.8. The molecule has 0 aromatic carbocycles. The van der Waals surface area contributed by atoms with Gasteiger partial charge in [-0.05, 0) is 44.6 Å². The van der Waals surface area contributed by atoms with Gasteiger partial charge < -0.3 is 10.2 Å². The van der Waals surface area contributed by atoms with Gasteiger partial charge >= 0.3 is 6.18 Å². The first-order valence-corrected chi connectivity index (χ1v) is 9.85. The van der Waals surface area contributed by atoms with E-state index in [9.17, 15) is 18.0 Å². The lowest BCUT2D eigenvalue weighted by molar-refractivity contribution is -0.137. The third kappa shape index (κ3) is 6.26. The van der Waals surface area contributed by atoms with Gasteiger partial charge in [-0.1, -0.05) is 32.4 Å². The van der Waals surface area contributed by atoms with Crippen molar-refractivity contribution in [2.75, 3.05) is 18.0 Å². The fourth-order valence-electron chi connectivity index (χ4n) is 3.98. The lowest BCUT2D eigenvalue weighted by Gasteiger charge is -2.37. The Morgan fingerprint density at radius 2 is 1.79 bits per heavy atom. The summed E-state index contributed by atoms with van der Waals surface area (Å²) >= 11 is 6.03. The van der Waals surface area contributed by atoms with Crippen LogP contribution in [0, 0.1) is 11.3 Å². The summed E-state index contributed by atoms with van der Waals surface area (Å²) in [7, 11) is 0. The topological polar surface area (TPSA) is 45.2 Å². The molecule has 1 N–H and O–H groups in total. The van der Waals surface area contributed by atoms with Crippen LogP contribution in [-0.4, -0.2) is 29.5 Å².